The molecule has 18 heteroatoms. The average molecular weight is 631 g/mol. The fourth-order valence-corrected chi connectivity index (χ4v) is 3.81. The van der Waals surface area contributed by atoms with Gasteiger partial charge in [0.15, 0.2) is 0 Å². The van der Waals surface area contributed by atoms with Crippen molar-refractivity contribution in [2.45, 2.75) is 101 Å². The highest BCUT2D eigenvalue weighted by Crippen LogP contribution is 2.58. The molecular formula is C23H34F12N2O4. The summed E-state index contributed by atoms with van der Waals surface area (Å²) in [5.74, 6) is -36.2. The summed E-state index contributed by atoms with van der Waals surface area (Å²) in [4.78, 5) is 23.3. The van der Waals surface area contributed by atoms with Gasteiger partial charge in [-0.05, 0) is 25.2 Å². The Morgan fingerprint density at radius 1 is 0.683 bits per heavy atom. The highest BCUT2D eigenvalue weighted by Gasteiger charge is 2.87. The second-order valence-corrected chi connectivity index (χ2v) is 9.61. The van der Waals surface area contributed by atoms with Gasteiger partial charge in [-0.15, -0.1) is 0 Å². The minimum atomic E-state index is -7.73. The Hall–Kier alpha value is -2.30. The van der Waals surface area contributed by atoms with E-state index in [4.69, 9.17) is 5.11 Å². The zero-order chi connectivity index (χ0) is 32.4. The first kappa shape index (κ1) is 38.7. The SMILES string of the molecule is CCCCC(CC)CN(CCCCCCN(CC(F)(F)C(F)(F)C(F)(F)C(F)(F)C(F)(F)C(F)F)C(=O)O)C(=O)O. The van der Waals surface area contributed by atoms with Crippen molar-refractivity contribution in [1.29, 1.82) is 0 Å². The topological polar surface area (TPSA) is 81.1 Å². The smallest absolute Gasteiger partial charge is 0.407 e. The summed E-state index contributed by atoms with van der Waals surface area (Å²) in [5.41, 5.74) is 0. The molecule has 1 atom stereocenters. The van der Waals surface area contributed by atoms with Crippen molar-refractivity contribution < 1.29 is 72.5 Å². The molecule has 0 radical (unpaired) electrons. The van der Waals surface area contributed by atoms with Crippen molar-refractivity contribution in [1.82, 2.24) is 9.80 Å². The predicted molar refractivity (Wildman–Crippen MR) is 122 cm³/mol. The minimum Gasteiger partial charge on any atom is -0.465 e. The predicted octanol–water partition coefficient (Wildman–Crippen LogP) is 8.16. The lowest BCUT2D eigenvalue weighted by Gasteiger charge is -2.40. The van der Waals surface area contributed by atoms with E-state index in [-0.39, 0.29) is 44.7 Å². The van der Waals surface area contributed by atoms with E-state index in [1.807, 2.05) is 13.8 Å². The number of nitrogens with zero attached hydrogens (tertiary/aromatic N) is 2. The molecule has 0 aromatic rings. The first-order valence-corrected chi connectivity index (χ1v) is 12.7. The molecule has 0 rings (SSSR count). The van der Waals surface area contributed by atoms with Gasteiger partial charge in [0, 0.05) is 19.6 Å². The third kappa shape index (κ3) is 9.35. The Labute approximate surface area is 228 Å². The minimum absolute atomic E-state index is 0.0150. The largest absolute Gasteiger partial charge is 0.465 e. The lowest BCUT2D eigenvalue weighted by atomic mass is 9.94. The van der Waals surface area contributed by atoms with Crippen molar-refractivity contribution in [3.8, 4) is 0 Å². The quantitative estimate of drug-likeness (QED) is 0.105. The molecule has 244 valence electrons. The number of hydrogen-bond donors (Lipinski definition) is 2. The maximum atomic E-state index is 14.1. The number of halogens is 12. The molecule has 0 saturated heterocycles. The van der Waals surface area contributed by atoms with Gasteiger partial charge in [0.1, 0.15) is 0 Å². The third-order valence-corrected chi connectivity index (χ3v) is 6.50. The van der Waals surface area contributed by atoms with Gasteiger partial charge < -0.3 is 20.0 Å². The van der Waals surface area contributed by atoms with E-state index in [0.29, 0.717) is 0 Å². The number of alkyl halides is 12. The second kappa shape index (κ2) is 15.3. The average Bonchev–Trinajstić information content (AvgIpc) is 2.85. The lowest BCUT2D eigenvalue weighted by Crippen LogP contribution is -2.70. The maximum absolute atomic E-state index is 14.1. The molecule has 2 amide bonds. The zero-order valence-electron chi connectivity index (χ0n) is 22.3. The van der Waals surface area contributed by atoms with Crippen LogP contribution in [0, 0.1) is 5.92 Å². The molecule has 0 saturated carbocycles. The fourth-order valence-electron chi connectivity index (χ4n) is 3.81. The molecule has 2 N–H and O–H groups in total. The van der Waals surface area contributed by atoms with Crippen LogP contribution in [0.4, 0.5) is 62.3 Å². The molecule has 41 heavy (non-hydrogen) atoms. The van der Waals surface area contributed by atoms with Crippen LogP contribution in [0.1, 0.15) is 65.2 Å². The van der Waals surface area contributed by atoms with Gasteiger partial charge in [0.2, 0.25) is 0 Å². The first-order valence-electron chi connectivity index (χ1n) is 12.7. The monoisotopic (exact) mass is 630 g/mol. The van der Waals surface area contributed by atoms with E-state index in [2.05, 4.69) is 0 Å². The summed E-state index contributed by atoms with van der Waals surface area (Å²) >= 11 is 0. The van der Waals surface area contributed by atoms with Crippen molar-refractivity contribution in [3.05, 3.63) is 0 Å². The Bertz CT molecular complexity index is 830. The summed E-state index contributed by atoms with van der Waals surface area (Å²) in [5, 5.41) is 18.4. The zero-order valence-corrected chi connectivity index (χ0v) is 22.3. The van der Waals surface area contributed by atoms with Crippen molar-refractivity contribution in [2.75, 3.05) is 26.2 Å². The molecule has 0 fully saturated rings. The van der Waals surface area contributed by atoms with Gasteiger partial charge in [-0.25, -0.2) is 18.4 Å². The highest BCUT2D eigenvalue weighted by molar-refractivity contribution is 5.65. The van der Waals surface area contributed by atoms with Crippen molar-refractivity contribution >= 4 is 12.2 Å². The van der Waals surface area contributed by atoms with E-state index in [1.54, 1.807) is 0 Å². The molecule has 0 heterocycles. The number of unbranched alkanes of at least 4 members (excludes halogenated alkanes) is 4. The molecule has 0 aliphatic rings. The summed E-state index contributed by atoms with van der Waals surface area (Å²) in [6.45, 7) is 0.356. The number of amides is 2. The number of carboxylic acid groups (broad SMARTS) is 2. The summed E-state index contributed by atoms with van der Waals surface area (Å²) in [7, 11) is 0. The van der Waals surface area contributed by atoms with Crippen LogP contribution in [0.5, 0.6) is 0 Å². The van der Waals surface area contributed by atoms with E-state index < -0.39 is 66.2 Å². The van der Waals surface area contributed by atoms with Crippen LogP contribution in [0.2, 0.25) is 0 Å². The fraction of sp³-hybridized carbons (Fsp3) is 0.913. The van der Waals surface area contributed by atoms with Gasteiger partial charge >= 0.3 is 48.2 Å². The number of rotatable bonds is 20. The number of hydrogen-bond acceptors (Lipinski definition) is 2. The van der Waals surface area contributed by atoms with Crippen LogP contribution in [-0.2, 0) is 0 Å². The van der Waals surface area contributed by atoms with E-state index in [0.717, 1.165) is 25.7 Å². The molecule has 0 aliphatic heterocycles. The van der Waals surface area contributed by atoms with E-state index in [1.165, 1.54) is 4.90 Å². The van der Waals surface area contributed by atoms with E-state index >= 15 is 0 Å². The first-order chi connectivity index (χ1) is 18.5. The van der Waals surface area contributed by atoms with Gasteiger partial charge in [-0.1, -0.05) is 46.0 Å². The molecule has 0 aromatic heterocycles. The van der Waals surface area contributed by atoms with Crippen LogP contribution in [0.25, 0.3) is 0 Å². The third-order valence-electron chi connectivity index (χ3n) is 6.50. The molecule has 0 spiro atoms. The van der Waals surface area contributed by atoms with Crippen LogP contribution in [0.15, 0.2) is 0 Å². The van der Waals surface area contributed by atoms with E-state index in [9.17, 15) is 67.4 Å². The van der Waals surface area contributed by atoms with Gasteiger partial charge in [-0.2, -0.15) is 43.9 Å². The molecule has 0 aliphatic carbocycles. The second-order valence-electron chi connectivity index (χ2n) is 9.61. The Balaban J connectivity index is 5.25. The van der Waals surface area contributed by atoms with Crippen molar-refractivity contribution in [3.63, 3.8) is 0 Å². The molecule has 1 unspecified atom stereocenters. The lowest BCUT2D eigenvalue weighted by molar-refractivity contribution is -0.412. The van der Waals surface area contributed by atoms with Gasteiger partial charge in [0.05, 0.1) is 6.54 Å². The van der Waals surface area contributed by atoms with Crippen LogP contribution in [-0.4, -0.2) is 94.4 Å². The Morgan fingerprint density at radius 3 is 1.54 bits per heavy atom. The summed E-state index contributed by atoms with van der Waals surface area (Å²) in [6.07, 6.45) is -5.72. The van der Waals surface area contributed by atoms with Crippen LogP contribution < -0.4 is 0 Å². The summed E-state index contributed by atoms with van der Waals surface area (Å²) < 4.78 is 160. The van der Waals surface area contributed by atoms with Crippen molar-refractivity contribution in [2.24, 2.45) is 5.92 Å². The standard InChI is InChI=1S/C23H34F12N2O4/c1-3-5-10-15(4-2)13-36(17(38)39)11-8-6-7-9-12-37(18(40)41)14-19(26,27)21(30,31)23(34,35)22(32,33)20(28,29)16(24)25/h15-16H,3-14H2,1-2H3,(H,38,39)(H,40,41). The van der Waals surface area contributed by atoms with Crippen LogP contribution in [0.3, 0.4) is 0 Å². The van der Waals surface area contributed by atoms with Gasteiger partial charge in [-0.3, -0.25) is 0 Å². The number of carbonyl (C=O) groups is 2. The molecule has 6 nitrogen and oxygen atoms in total. The highest BCUT2D eigenvalue weighted by atomic mass is 19.4. The summed E-state index contributed by atoms with van der Waals surface area (Å²) in [6, 6.07) is 0. The molecular weight excluding hydrogens is 596 g/mol. The Kier molecular flexibility index (Phi) is 14.4. The molecule has 0 aromatic carbocycles. The van der Waals surface area contributed by atoms with Crippen LogP contribution >= 0.6 is 0 Å². The normalized spacial score (nSPS) is 14.3. The maximum Gasteiger partial charge on any atom is 0.407 e. The van der Waals surface area contributed by atoms with Gasteiger partial charge in [0.25, 0.3) is 0 Å². The molecule has 0 bridgehead atoms. The Morgan fingerprint density at radius 2 is 1.15 bits per heavy atom.